The van der Waals surface area contributed by atoms with Crippen LogP contribution in [0.25, 0.3) is 11.2 Å². The third-order valence-electron chi connectivity index (χ3n) is 4.59. The van der Waals surface area contributed by atoms with Crippen LogP contribution < -0.4 is 10.2 Å². The molecule has 9 heteroatoms. The average molecular weight is 340 g/mol. The van der Waals surface area contributed by atoms with Crippen molar-refractivity contribution in [3.8, 4) is 0 Å². The molecule has 0 bridgehead atoms. The molecule has 1 saturated heterocycles. The number of nitrogens with zero attached hydrogens (tertiary/aromatic N) is 7. The van der Waals surface area contributed by atoms with Crippen molar-refractivity contribution in [1.29, 1.82) is 0 Å². The van der Waals surface area contributed by atoms with E-state index in [1.54, 1.807) is 36.6 Å². The fourth-order valence-corrected chi connectivity index (χ4v) is 3.31. The van der Waals surface area contributed by atoms with Crippen LogP contribution in [0.5, 0.6) is 0 Å². The second-order valence-corrected chi connectivity index (χ2v) is 6.32. The number of nitrogens with one attached hydrogen (secondary N) is 1. The molecule has 3 aromatic rings. The maximum atomic E-state index is 12.4. The Morgan fingerprint density at radius 1 is 1.28 bits per heavy atom. The molecular weight excluding hydrogens is 320 g/mol. The number of carbonyl (C=O) groups is 1. The number of piperidine rings is 1. The molecule has 0 aliphatic carbocycles. The fourth-order valence-electron chi connectivity index (χ4n) is 3.31. The van der Waals surface area contributed by atoms with Crippen LogP contribution in [0.2, 0.25) is 0 Å². The largest absolute Gasteiger partial charge is 0.353 e. The molecule has 3 aromatic heterocycles. The van der Waals surface area contributed by atoms with Gasteiger partial charge in [-0.25, -0.2) is 15.0 Å². The summed E-state index contributed by atoms with van der Waals surface area (Å²) < 4.78 is 3.46. The van der Waals surface area contributed by atoms with Crippen LogP contribution in [-0.2, 0) is 14.1 Å². The molecule has 0 saturated carbocycles. The molecule has 4 heterocycles. The van der Waals surface area contributed by atoms with Gasteiger partial charge in [-0.1, -0.05) is 0 Å². The standard InChI is InChI=1S/C16H20N8O/c1-22-10-19-13-14(22)17-9-18-15(13)24-7-3-4-11(8-24)21-16(25)12-5-6-20-23(12)2/h5-6,9-11H,3-4,7-8H2,1-2H3,(H,21,25). The molecule has 1 N–H and O–H groups in total. The summed E-state index contributed by atoms with van der Waals surface area (Å²) in [6.45, 7) is 1.59. The Balaban J connectivity index is 1.53. The van der Waals surface area contributed by atoms with E-state index in [2.05, 4.69) is 30.3 Å². The molecule has 0 spiro atoms. The molecular formula is C16H20N8O. The summed E-state index contributed by atoms with van der Waals surface area (Å²) >= 11 is 0. The lowest BCUT2D eigenvalue weighted by Gasteiger charge is -2.33. The Morgan fingerprint density at radius 3 is 2.96 bits per heavy atom. The molecule has 0 radical (unpaired) electrons. The molecule has 25 heavy (non-hydrogen) atoms. The fraction of sp³-hybridized carbons (Fsp3) is 0.438. The first-order valence-corrected chi connectivity index (χ1v) is 8.29. The van der Waals surface area contributed by atoms with Gasteiger partial charge in [0.1, 0.15) is 12.0 Å². The van der Waals surface area contributed by atoms with E-state index in [4.69, 9.17) is 0 Å². The highest BCUT2D eigenvalue weighted by Gasteiger charge is 2.25. The van der Waals surface area contributed by atoms with E-state index in [0.717, 1.165) is 36.4 Å². The minimum absolute atomic E-state index is 0.0601. The number of amides is 1. The normalized spacial score (nSPS) is 17.8. The Labute approximate surface area is 144 Å². The summed E-state index contributed by atoms with van der Waals surface area (Å²) in [5.74, 6) is 0.725. The highest BCUT2D eigenvalue weighted by Crippen LogP contribution is 2.24. The quantitative estimate of drug-likeness (QED) is 0.746. The van der Waals surface area contributed by atoms with Crippen LogP contribution in [0.4, 0.5) is 5.82 Å². The SMILES string of the molecule is Cn1nccc1C(=O)NC1CCCN(c2ncnc3c2ncn3C)C1. The molecule has 1 aliphatic heterocycles. The highest BCUT2D eigenvalue weighted by atomic mass is 16.2. The van der Waals surface area contributed by atoms with Crippen molar-refractivity contribution in [2.75, 3.05) is 18.0 Å². The molecule has 4 rings (SSSR count). The van der Waals surface area contributed by atoms with Gasteiger partial charge >= 0.3 is 0 Å². The number of imidazole rings is 1. The van der Waals surface area contributed by atoms with E-state index in [1.165, 1.54) is 0 Å². The first-order chi connectivity index (χ1) is 12.1. The minimum Gasteiger partial charge on any atom is -0.353 e. The number of fused-ring (bicyclic) bond motifs is 1. The maximum Gasteiger partial charge on any atom is 0.269 e. The van der Waals surface area contributed by atoms with E-state index in [9.17, 15) is 4.79 Å². The number of hydrogen-bond donors (Lipinski definition) is 1. The van der Waals surface area contributed by atoms with Gasteiger partial charge in [0.2, 0.25) is 0 Å². The predicted octanol–water partition coefficient (Wildman–Crippen LogP) is 0.496. The Bertz CT molecular complexity index is 914. The maximum absolute atomic E-state index is 12.4. The molecule has 0 aromatic carbocycles. The Hall–Kier alpha value is -2.97. The third-order valence-corrected chi connectivity index (χ3v) is 4.59. The van der Waals surface area contributed by atoms with Gasteiger partial charge in [0, 0.05) is 39.4 Å². The van der Waals surface area contributed by atoms with Gasteiger partial charge in [-0.3, -0.25) is 9.48 Å². The van der Waals surface area contributed by atoms with E-state index in [1.807, 2.05) is 11.6 Å². The number of anilines is 1. The van der Waals surface area contributed by atoms with E-state index in [-0.39, 0.29) is 11.9 Å². The smallest absolute Gasteiger partial charge is 0.269 e. The van der Waals surface area contributed by atoms with Gasteiger partial charge in [-0.2, -0.15) is 5.10 Å². The summed E-state index contributed by atoms with van der Waals surface area (Å²) in [5.41, 5.74) is 2.17. The van der Waals surface area contributed by atoms with Crippen molar-refractivity contribution >= 4 is 22.9 Å². The summed E-state index contributed by atoms with van der Waals surface area (Å²) in [6.07, 6.45) is 6.86. The zero-order chi connectivity index (χ0) is 17.4. The summed E-state index contributed by atoms with van der Waals surface area (Å²) in [4.78, 5) is 27.8. The number of aromatic nitrogens is 6. The lowest BCUT2D eigenvalue weighted by atomic mass is 10.1. The second-order valence-electron chi connectivity index (χ2n) is 6.32. The predicted molar refractivity (Wildman–Crippen MR) is 92.2 cm³/mol. The minimum atomic E-state index is -0.0995. The van der Waals surface area contributed by atoms with Gasteiger partial charge in [-0.15, -0.1) is 0 Å². The van der Waals surface area contributed by atoms with E-state index in [0.29, 0.717) is 12.2 Å². The van der Waals surface area contributed by atoms with E-state index < -0.39 is 0 Å². The Kier molecular flexibility index (Phi) is 3.83. The topological polar surface area (TPSA) is 93.8 Å². The van der Waals surface area contributed by atoms with Crippen molar-refractivity contribution in [1.82, 2.24) is 34.6 Å². The molecule has 130 valence electrons. The van der Waals surface area contributed by atoms with Crippen molar-refractivity contribution < 1.29 is 4.79 Å². The first-order valence-electron chi connectivity index (χ1n) is 8.29. The second kappa shape index (κ2) is 6.15. The zero-order valence-corrected chi connectivity index (χ0v) is 14.3. The molecule has 1 aliphatic rings. The number of carbonyl (C=O) groups excluding carboxylic acids is 1. The van der Waals surface area contributed by atoms with Gasteiger partial charge in [0.05, 0.1) is 6.33 Å². The number of aryl methyl sites for hydroxylation is 2. The van der Waals surface area contributed by atoms with Crippen LogP contribution in [0.3, 0.4) is 0 Å². The first kappa shape index (κ1) is 15.6. The monoisotopic (exact) mass is 340 g/mol. The van der Waals surface area contributed by atoms with Gasteiger partial charge < -0.3 is 14.8 Å². The zero-order valence-electron chi connectivity index (χ0n) is 14.3. The van der Waals surface area contributed by atoms with Gasteiger partial charge in [0.15, 0.2) is 17.0 Å². The number of hydrogen-bond acceptors (Lipinski definition) is 6. The summed E-state index contributed by atoms with van der Waals surface area (Å²) in [6, 6.07) is 1.78. The summed E-state index contributed by atoms with van der Waals surface area (Å²) in [7, 11) is 3.68. The molecule has 1 atom stereocenters. The van der Waals surface area contributed by atoms with Crippen molar-refractivity contribution in [3.05, 3.63) is 30.6 Å². The van der Waals surface area contributed by atoms with Crippen LogP contribution >= 0.6 is 0 Å². The molecule has 9 nitrogen and oxygen atoms in total. The number of rotatable bonds is 3. The highest BCUT2D eigenvalue weighted by molar-refractivity contribution is 5.92. The van der Waals surface area contributed by atoms with Gasteiger partial charge in [0.25, 0.3) is 5.91 Å². The van der Waals surface area contributed by atoms with E-state index >= 15 is 0 Å². The lowest BCUT2D eigenvalue weighted by molar-refractivity contribution is 0.0923. The Morgan fingerprint density at radius 2 is 2.16 bits per heavy atom. The molecule has 1 amide bonds. The van der Waals surface area contributed by atoms with Crippen molar-refractivity contribution in [2.24, 2.45) is 14.1 Å². The van der Waals surface area contributed by atoms with Crippen molar-refractivity contribution in [3.63, 3.8) is 0 Å². The summed E-state index contributed by atoms with van der Waals surface area (Å²) in [5, 5.41) is 7.15. The third kappa shape index (κ3) is 2.81. The van der Waals surface area contributed by atoms with Crippen LogP contribution in [0, 0.1) is 0 Å². The van der Waals surface area contributed by atoms with Crippen LogP contribution in [-0.4, -0.2) is 54.3 Å². The van der Waals surface area contributed by atoms with Crippen LogP contribution in [0.1, 0.15) is 23.3 Å². The van der Waals surface area contributed by atoms with Crippen LogP contribution in [0.15, 0.2) is 24.9 Å². The lowest BCUT2D eigenvalue weighted by Crippen LogP contribution is -2.48. The average Bonchev–Trinajstić information content (AvgIpc) is 3.21. The van der Waals surface area contributed by atoms with Crippen molar-refractivity contribution in [2.45, 2.75) is 18.9 Å². The molecule has 1 unspecified atom stereocenters. The molecule has 1 fully saturated rings. The van der Waals surface area contributed by atoms with Gasteiger partial charge in [-0.05, 0) is 18.9 Å².